The molecule has 0 spiro atoms. The van der Waals surface area contributed by atoms with Crippen LogP contribution in [0.1, 0.15) is 186 Å². The third-order valence-electron chi connectivity index (χ3n) is 20.0. The number of rotatable bonds is 2. The van der Waals surface area contributed by atoms with Crippen molar-refractivity contribution in [2.45, 2.75) is 187 Å². The van der Waals surface area contributed by atoms with Crippen molar-refractivity contribution in [2.75, 3.05) is 9.80 Å². The first-order valence-electron chi connectivity index (χ1n) is 27.3. The summed E-state index contributed by atoms with van der Waals surface area (Å²) in [6.45, 7) is 39.2. The molecule has 362 valence electrons. The van der Waals surface area contributed by atoms with Crippen molar-refractivity contribution in [1.29, 1.82) is 0 Å². The number of hydrogen-bond acceptors (Lipinski definition) is 2. The van der Waals surface area contributed by atoms with Crippen LogP contribution in [0.15, 0.2) is 97.1 Å². The first-order chi connectivity index (χ1) is 33.3. The Labute approximate surface area is 426 Å². The van der Waals surface area contributed by atoms with Gasteiger partial charge >= 0.3 is 0 Å². The largest absolute Gasteiger partial charge is 0.334 e. The molecule has 0 radical (unpaired) electrons. The summed E-state index contributed by atoms with van der Waals surface area (Å²) in [6, 6.07) is 40.1. The molecular weight excluding hydrogens is 858 g/mol. The third kappa shape index (κ3) is 5.80. The number of benzene rings is 6. The van der Waals surface area contributed by atoms with E-state index in [9.17, 15) is 0 Å². The van der Waals surface area contributed by atoms with Crippen molar-refractivity contribution in [1.82, 2.24) is 4.57 Å². The predicted octanol–water partition coefficient (Wildman–Crippen LogP) is 15.9. The molecule has 1 saturated carbocycles. The van der Waals surface area contributed by atoms with Gasteiger partial charge in [0.05, 0.1) is 11.2 Å². The second kappa shape index (κ2) is 14.0. The van der Waals surface area contributed by atoms with E-state index in [2.05, 4.69) is 222 Å². The molecule has 71 heavy (non-hydrogen) atoms. The van der Waals surface area contributed by atoms with E-state index in [0.29, 0.717) is 0 Å². The van der Waals surface area contributed by atoms with E-state index in [1.165, 1.54) is 161 Å². The third-order valence-corrected chi connectivity index (χ3v) is 20.0. The van der Waals surface area contributed by atoms with Gasteiger partial charge in [-0.2, -0.15) is 0 Å². The van der Waals surface area contributed by atoms with Crippen LogP contribution in [0.4, 0.5) is 28.4 Å². The fraction of sp³-hybridized carbons (Fsp3) is 0.433. The molecule has 1 fully saturated rings. The number of aryl methyl sites for hydroxylation is 2. The van der Waals surface area contributed by atoms with Gasteiger partial charge in [0.2, 0.25) is 0 Å². The molecule has 6 aromatic carbocycles. The Bertz CT molecular complexity index is 3510. The standard InChI is InChI=1S/C67H76BN3/c1-39-31-55-58-56(32-39)70-59-45(57-60(70)44-21-17-18-22-46(44)65(57,13)14)34-42(62(6,7)8)36-51(59)68(58)50-25-24-43(37-54(50)69(55)53-38-48-47(33-40(53)2)63(9,10)29-30-64(48,11)12)71-52-26-23-41(61(3,4)5)35-49(52)66(15)27-19-20-28-67(66,71)16/h17-18,21-26,31-38H,19-20,27-30H2,1-16H3. The van der Waals surface area contributed by atoms with Gasteiger partial charge in [0.25, 0.3) is 6.71 Å². The summed E-state index contributed by atoms with van der Waals surface area (Å²) in [5.41, 5.74) is 29.4. The normalized spacial score (nSPS) is 22.7. The zero-order valence-corrected chi connectivity index (χ0v) is 45.9. The number of anilines is 5. The highest BCUT2D eigenvalue weighted by molar-refractivity contribution is 7.00. The quantitative estimate of drug-likeness (QED) is 0.160. The van der Waals surface area contributed by atoms with Gasteiger partial charge in [-0.3, -0.25) is 0 Å². The molecule has 3 aliphatic carbocycles. The van der Waals surface area contributed by atoms with Crippen LogP contribution in [0, 0.1) is 13.8 Å². The Kier molecular flexibility index (Phi) is 8.93. The second-order valence-corrected chi connectivity index (χ2v) is 27.8. The number of hydrogen-bond donors (Lipinski definition) is 0. The van der Waals surface area contributed by atoms with Crippen molar-refractivity contribution in [3.63, 3.8) is 0 Å². The lowest BCUT2D eigenvalue weighted by atomic mass is 9.33. The molecule has 4 heterocycles. The Morgan fingerprint density at radius 2 is 1.21 bits per heavy atom. The van der Waals surface area contributed by atoms with E-state index in [1.807, 2.05) is 0 Å². The minimum Gasteiger partial charge on any atom is -0.334 e. The molecule has 2 atom stereocenters. The van der Waals surface area contributed by atoms with Crippen molar-refractivity contribution in [3.8, 4) is 16.9 Å². The SMILES string of the molecule is Cc1cc2c3c(c1)-n1c4c(c5cc(C(C)(C)C)cc(c51)B3c1ccc(N3c5ccc(C(C)(C)C)cc5C5(C)CCCCC35C)cc1N2c1cc2c(cc1C)C(C)(C)CCC2(C)C)C(C)(C)c1ccccc1-4. The van der Waals surface area contributed by atoms with Gasteiger partial charge in [-0.15, -0.1) is 0 Å². The molecule has 3 nitrogen and oxygen atoms in total. The molecule has 4 heteroatoms. The van der Waals surface area contributed by atoms with Crippen LogP contribution in [0.25, 0.3) is 27.8 Å². The van der Waals surface area contributed by atoms with Crippen molar-refractivity contribution in [2.24, 2.45) is 0 Å². The van der Waals surface area contributed by atoms with E-state index in [1.54, 1.807) is 0 Å². The Hall–Kier alpha value is -5.48. The molecule has 1 aromatic heterocycles. The van der Waals surface area contributed by atoms with Gasteiger partial charge in [0.15, 0.2) is 0 Å². The van der Waals surface area contributed by atoms with Crippen LogP contribution in [0.5, 0.6) is 0 Å². The van der Waals surface area contributed by atoms with Crippen molar-refractivity contribution < 1.29 is 0 Å². The van der Waals surface area contributed by atoms with Crippen molar-refractivity contribution >= 4 is 62.4 Å². The van der Waals surface area contributed by atoms with Gasteiger partial charge in [-0.05, 0) is 177 Å². The average Bonchev–Trinajstić information content (AvgIpc) is 3.85. The highest BCUT2D eigenvalue weighted by Gasteiger charge is 2.58. The van der Waals surface area contributed by atoms with E-state index in [4.69, 9.17) is 0 Å². The van der Waals surface area contributed by atoms with Gasteiger partial charge in [-0.1, -0.05) is 157 Å². The molecule has 0 N–H and O–H groups in total. The van der Waals surface area contributed by atoms with E-state index in [0.717, 1.165) is 0 Å². The maximum Gasteiger partial charge on any atom is 0.252 e. The summed E-state index contributed by atoms with van der Waals surface area (Å²) in [5.74, 6) is 0. The molecule has 0 amide bonds. The highest BCUT2D eigenvalue weighted by Crippen LogP contribution is 2.62. The average molecular weight is 934 g/mol. The topological polar surface area (TPSA) is 11.4 Å². The molecule has 0 bridgehead atoms. The smallest absolute Gasteiger partial charge is 0.252 e. The summed E-state index contributed by atoms with van der Waals surface area (Å²) < 4.78 is 2.74. The summed E-state index contributed by atoms with van der Waals surface area (Å²) >= 11 is 0. The van der Waals surface area contributed by atoms with E-state index in [-0.39, 0.29) is 44.7 Å². The summed E-state index contributed by atoms with van der Waals surface area (Å²) in [7, 11) is 0. The summed E-state index contributed by atoms with van der Waals surface area (Å²) in [5, 5.41) is 1.42. The van der Waals surface area contributed by atoms with Crippen LogP contribution < -0.4 is 26.2 Å². The van der Waals surface area contributed by atoms with Crippen LogP contribution in [0.3, 0.4) is 0 Å². The molecule has 7 aromatic rings. The lowest BCUT2D eigenvalue weighted by Crippen LogP contribution is -2.61. The lowest BCUT2D eigenvalue weighted by molar-refractivity contribution is 0.195. The molecule has 13 rings (SSSR count). The zero-order chi connectivity index (χ0) is 50.1. The second-order valence-electron chi connectivity index (χ2n) is 27.8. The van der Waals surface area contributed by atoms with Gasteiger partial charge < -0.3 is 14.4 Å². The summed E-state index contributed by atoms with van der Waals surface area (Å²) in [4.78, 5) is 5.58. The van der Waals surface area contributed by atoms with Crippen LogP contribution in [0.2, 0.25) is 0 Å². The van der Waals surface area contributed by atoms with Crippen LogP contribution in [-0.2, 0) is 32.5 Å². The molecular formula is C67H76BN3. The highest BCUT2D eigenvalue weighted by atomic mass is 15.3. The van der Waals surface area contributed by atoms with E-state index >= 15 is 0 Å². The maximum absolute atomic E-state index is 2.82. The molecule has 3 aliphatic heterocycles. The maximum atomic E-state index is 2.82. The Morgan fingerprint density at radius 3 is 1.93 bits per heavy atom. The molecule has 6 aliphatic rings. The Balaban J connectivity index is 1.15. The monoisotopic (exact) mass is 934 g/mol. The van der Waals surface area contributed by atoms with Gasteiger partial charge in [0, 0.05) is 61.4 Å². The Morgan fingerprint density at radius 1 is 0.535 bits per heavy atom. The first kappa shape index (κ1) is 45.4. The zero-order valence-electron chi connectivity index (χ0n) is 45.9. The van der Waals surface area contributed by atoms with Crippen LogP contribution >= 0.6 is 0 Å². The number of nitrogens with zero attached hydrogens (tertiary/aromatic N) is 3. The minimum absolute atomic E-state index is 0.0318. The minimum atomic E-state index is -0.154. The van der Waals surface area contributed by atoms with Gasteiger partial charge in [-0.25, -0.2) is 0 Å². The predicted molar refractivity (Wildman–Crippen MR) is 305 cm³/mol. The van der Waals surface area contributed by atoms with Crippen LogP contribution in [-0.4, -0.2) is 16.8 Å². The number of fused-ring (bicyclic) bond motifs is 13. The van der Waals surface area contributed by atoms with E-state index < -0.39 is 0 Å². The fourth-order valence-electron chi connectivity index (χ4n) is 15.6. The molecule has 0 saturated heterocycles. The first-order valence-corrected chi connectivity index (χ1v) is 27.3. The summed E-state index contributed by atoms with van der Waals surface area (Å²) in [6.07, 6.45) is 7.29. The molecule has 2 unspecified atom stereocenters. The number of aromatic nitrogens is 1. The van der Waals surface area contributed by atoms with Crippen molar-refractivity contribution in [3.05, 3.63) is 147 Å². The fourth-order valence-corrected chi connectivity index (χ4v) is 15.6. The lowest BCUT2D eigenvalue weighted by Gasteiger charge is -2.50. The van der Waals surface area contributed by atoms with Gasteiger partial charge in [0.1, 0.15) is 0 Å².